The van der Waals surface area contributed by atoms with Gasteiger partial charge >= 0.3 is 0 Å². The number of nitrogens with zero attached hydrogens (tertiary/aromatic N) is 3. The van der Waals surface area contributed by atoms with Crippen LogP contribution in [0.1, 0.15) is 0 Å². The molecule has 0 amide bonds. The lowest BCUT2D eigenvalue weighted by atomic mass is 10.2. The van der Waals surface area contributed by atoms with E-state index in [2.05, 4.69) is 41.9 Å². The molecule has 0 aliphatic carbocycles. The van der Waals surface area contributed by atoms with Crippen LogP contribution in [0, 0.1) is 0 Å². The molecule has 90 valence electrons. The van der Waals surface area contributed by atoms with Crippen molar-refractivity contribution in [2.45, 2.75) is 0 Å². The zero-order chi connectivity index (χ0) is 12.7. The van der Waals surface area contributed by atoms with E-state index < -0.39 is 0 Å². The van der Waals surface area contributed by atoms with E-state index in [9.17, 15) is 0 Å². The van der Waals surface area contributed by atoms with Crippen LogP contribution in [0.25, 0.3) is 16.9 Å². The van der Waals surface area contributed by atoms with Gasteiger partial charge in [-0.05, 0) is 37.9 Å². The maximum atomic E-state index is 5.94. The van der Waals surface area contributed by atoms with Gasteiger partial charge < -0.3 is 0 Å². The third-order valence-electron chi connectivity index (χ3n) is 2.50. The van der Waals surface area contributed by atoms with Gasteiger partial charge in [0.15, 0.2) is 10.8 Å². The maximum absolute atomic E-state index is 5.94. The fraction of sp³-hybridized carbons (Fsp3) is 0. The number of aromatic nitrogens is 3. The van der Waals surface area contributed by atoms with Crippen LogP contribution in [0.5, 0.6) is 0 Å². The normalized spacial score (nSPS) is 11.1. The summed E-state index contributed by atoms with van der Waals surface area (Å²) >= 11 is 12.9. The third kappa shape index (κ3) is 1.96. The van der Waals surface area contributed by atoms with E-state index in [0.717, 1.165) is 26.0 Å². The maximum Gasteiger partial charge on any atom is 0.169 e. The Hall–Kier alpha value is -0.910. The SMILES string of the molecule is Clc1cc(Br)c2nc(-c3ccccc3)c(Br)n2n1. The van der Waals surface area contributed by atoms with Crippen molar-refractivity contribution in [2.75, 3.05) is 0 Å². The summed E-state index contributed by atoms with van der Waals surface area (Å²) in [5.41, 5.74) is 2.59. The molecule has 0 saturated carbocycles. The van der Waals surface area contributed by atoms with Gasteiger partial charge in [-0.15, -0.1) is 0 Å². The molecule has 0 N–H and O–H groups in total. The standard InChI is InChI=1S/C12H6Br2ClN3/c13-8-6-9(15)17-18-11(14)10(16-12(8)18)7-4-2-1-3-5-7/h1-6H. The first-order chi connectivity index (χ1) is 8.66. The Balaban J connectivity index is 2.33. The van der Waals surface area contributed by atoms with Gasteiger partial charge in [0.05, 0.1) is 4.47 Å². The molecule has 0 aliphatic rings. The molecule has 2 heterocycles. The summed E-state index contributed by atoms with van der Waals surface area (Å²) in [4.78, 5) is 4.57. The van der Waals surface area contributed by atoms with Crippen LogP contribution in [0.15, 0.2) is 45.5 Å². The molecule has 6 heteroatoms. The van der Waals surface area contributed by atoms with Gasteiger partial charge in [-0.3, -0.25) is 0 Å². The van der Waals surface area contributed by atoms with E-state index in [-0.39, 0.29) is 0 Å². The first kappa shape index (κ1) is 12.1. The summed E-state index contributed by atoms with van der Waals surface area (Å²) < 4.78 is 3.27. The van der Waals surface area contributed by atoms with E-state index >= 15 is 0 Å². The number of halogens is 3. The zero-order valence-electron chi connectivity index (χ0n) is 8.94. The zero-order valence-corrected chi connectivity index (χ0v) is 12.9. The molecule has 0 spiro atoms. The molecule has 3 rings (SSSR count). The van der Waals surface area contributed by atoms with Crippen LogP contribution in [-0.4, -0.2) is 14.6 Å². The number of imidazole rings is 1. The number of benzene rings is 1. The molecule has 0 bridgehead atoms. The molecule has 18 heavy (non-hydrogen) atoms. The Kier molecular flexibility index (Phi) is 3.13. The highest BCUT2D eigenvalue weighted by atomic mass is 79.9. The van der Waals surface area contributed by atoms with Gasteiger partial charge in [-0.25, -0.2) is 9.50 Å². The van der Waals surface area contributed by atoms with Crippen molar-refractivity contribution in [3.63, 3.8) is 0 Å². The Bertz CT molecular complexity index is 725. The molecule has 0 atom stereocenters. The van der Waals surface area contributed by atoms with E-state index in [4.69, 9.17) is 11.6 Å². The monoisotopic (exact) mass is 385 g/mol. The minimum Gasteiger partial charge on any atom is -0.225 e. The molecule has 1 aromatic carbocycles. The van der Waals surface area contributed by atoms with Crippen LogP contribution >= 0.6 is 43.5 Å². The molecule has 3 aromatic rings. The number of hydrogen-bond donors (Lipinski definition) is 0. The summed E-state index contributed by atoms with van der Waals surface area (Å²) in [6.07, 6.45) is 0. The average molecular weight is 387 g/mol. The Morgan fingerprint density at radius 3 is 2.56 bits per heavy atom. The second kappa shape index (κ2) is 4.64. The van der Waals surface area contributed by atoms with Crippen LogP contribution in [0.4, 0.5) is 0 Å². The molecule has 0 fully saturated rings. The van der Waals surface area contributed by atoms with Crippen molar-refractivity contribution < 1.29 is 0 Å². The third-order valence-corrected chi connectivity index (χ3v) is 3.98. The topological polar surface area (TPSA) is 30.2 Å². The predicted octanol–water partition coefficient (Wildman–Crippen LogP) is 4.57. The molecule has 2 aromatic heterocycles. The second-order valence-electron chi connectivity index (χ2n) is 3.67. The molecule has 0 unspecified atom stereocenters. The van der Waals surface area contributed by atoms with Crippen molar-refractivity contribution in [3.05, 3.63) is 50.6 Å². The summed E-state index contributed by atoms with van der Waals surface area (Å²) in [5, 5.41) is 4.63. The van der Waals surface area contributed by atoms with Crippen LogP contribution < -0.4 is 0 Å². The van der Waals surface area contributed by atoms with Crippen LogP contribution in [-0.2, 0) is 0 Å². The van der Waals surface area contributed by atoms with Crippen molar-refractivity contribution >= 4 is 49.1 Å². The van der Waals surface area contributed by atoms with Gasteiger partial charge in [-0.2, -0.15) is 5.10 Å². The fourth-order valence-corrected chi connectivity index (χ4v) is 3.07. The van der Waals surface area contributed by atoms with Gasteiger partial charge in [-0.1, -0.05) is 41.9 Å². The molecule has 0 saturated heterocycles. The Labute approximate surface area is 125 Å². The van der Waals surface area contributed by atoms with E-state index in [1.807, 2.05) is 30.3 Å². The minimum atomic E-state index is 0.409. The molecule has 0 radical (unpaired) electrons. The average Bonchev–Trinajstić information content (AvgIpc) is 2.69. The number of hydrogen-bond acceptors (Lipinski definition) is 2. The summed E-state index contributed by atoms with van der Waals surface area (Å²) in [6.45, 7) is 0. The van der Waals surface area contributed by atoms with Crippen molar-refractivity contribution in [1.29, 1.82) is 0 Å². The quantitative estimate of drug-likeness (QED) is 0.612. The molecular weight excluding hydrogens is 381 g/mol. The summed E-state index contributed by atoms with van der Waals surface area (Å²) in [7, 11) is 0. The lowest BCUT2D eigenvalue weighted by Gasteiger charge is -1.97. The highest BCUT2D eigenvalue weighted by Gasteiger charge is 2.15. The summed E-state index contributed by atoms with van der Waals surface area (Å²) in [5.74, 6) is 0. The first-order valence-electron chi connectivity index (χ1n) is 5.12. The molecule has 3 nitrogen and oxygen atoms in total. The lowest BCUT2D eigenvalue weighted by molar-refractivity contribution is 0.913. The smallest absolute Gasteiger partial charge is 0.169 e. The van der Waals surface area contributed by atoms with E-state index in [1.54, 1.807) is 10.6 Å². The number of rotatable bonds is 1. The highest BCUT2D eigenvalue weighted by molar-refractivity contribution is 9.11. The summed E-state index contributed by atoms with van der Waals surface area (Å²) in [6, 6.07) is 11.6. The van der Waals surface area contributed by atoms with Gasteiger partial charge in [0, 0.05) is 5.56 Å². The first-order valence-corrected chi connectivity index (χ1v) is 7.09. The number of fused-ring (bicyclic) bond motifs is 1. The van der Waals surface area contributed by atoms with E-state index in [1.165, 1.54) is 0 Å². The van der Waals surface area contributed by atoms with Gasteiger partial charge in [0.25, 0.3) is 0 Å². The van der Waals surface area contributed by atoms with Crippen molar-refractivity contribution in [2.24, 2.45) is 0 Å². The van der Waals surface area contributed by atoms with Gasteiger partial charge in [0.2, 0.25) is 0 Å². The Morgan fingerprint density at radius 1 is 1.11 bits per heavy atom. The molecule has 0 aliphatic heterocycles. The lowest BCUT2D eigenvalue weighted by Crippen LogP contribution is -1.92. The van der Waals surface area contributed by atoms with Crippen LogP contribution in [0.3, 0.4) is 0 Å². The highest BCUT2D eigenvalue weighted by Crippen LogP contribution is 2.31. The predicted molar refractivity (Wildman–Crippen MR) is 78.8 cm³/mol. The van der Waals surface area contributed by atoms with E-state index in [0.29, 0.717) is 5.15 Å². The van der Waals surface area contributed by atoms with Crippen molar-refractivity contribution in [1.82, 2.24) is 14.6 Å². The Morgan fingerprint density at radius 2 is 1.83 bits per heavy atom. The van der Waals surface area contributed by atoms with Gasteiger partial charge in [0.1, 0.15) is 10.3 Å². The van der Waals surface area contributed by atoms with Crippen LogP contribution in [0.2, 0.25) is 5.15 Å². The largest absolute Gasteiger partial charge is 0.225 e. The minimum absolute atomic E-state index is 0.409. The van der Waals surface area contributed by atoms with Crippen molar-refractivity contribution in [3.8, 4) is 11.3 Å². The second-order valence-corrected chi connectivity index (χ2v) is 5.66. The fourth-order valence-electron chi connectivity index (χ4n) is 1.71. The molecular formula is C12H6Br2ClN3.